The highest BCUT2D eigenvalue weighted by Crippen LogP contribution is 2.47. The van der Waals surface area contributed by atoms with Crippen molar-refractivity contribution < 1.29 is 24.2 Å². The van der Waals surface area contributed by atoms with E-state index in [1.807, 2.05) is 43.3 Å². The van der Waals surface area contributed by atoms with Crippen molar-refractivity contribution in [2.45, 2.75) is 12.6 Å². The Labute approximate surface area is 224 Å². The van der Waals surface area contributed by atoms with E-state index in [-0.39, 0.29) is 39.2 Å². The highest BCUT2D eigenvalue weighted by atomic mass is 35.5. The van der Waals surface area contributed by atoms with Gasteiger partial charge in [-0.3, -0.25) is 14.6 Å². The number of carbonyl (C=O) groups excluding carboxylic acids is 2. The van der Waals surface area contributed by atoms with Crippen molar-refractivity contribution >= 4 is 46.3 Å². The number of anilines is 1. The van der Waals surface area contributed by atoms with Gasteiger partial charge in [-0.25, -0.2) is 0 Å². The van der Waals surface area contributed by atoms with Crippen LogP contribution in [0.4, 0.5) is 5.69 Å². The van der Waals surface area contributed by atoms with Gasteiger partial charge in [0.15, 0.2) is 11.5 Å². The summed E-state index contributed by atoms with van der Waals surface area (Å²) in [5.41, 5.74) is 2.10. The van der Waals surface area contributed by atoms with Gasteiger partial charge in [0.25, 0.3) is 11.7 Å². The molecule has 0 bridgehead atoms. The number of aromatic nitrogens is 1. The molecule has 0 radical (unpaired) electrons. The number of Topliss-reactive ketones (excluding diaryl/α,β-unsaturated/α-hetero) is 1. The number of carbonyl (C=O) groups is 2. The topological polar surface area (TPSA) is 92.2 Å². The Kier molecular flexibility index (Phi) is 7.61. The van der Waals surface area contributed by atoms with Crippen molar-refractivity contribution in [3.63, 3.8) is 0 Å². The first-order chi connectivity index (χ1) is 17.7. The first-order valence-electron chi connectivity index (χ1n) is 11.3. The van der Waals surface area contributed by atoms with E-state index in [9.17, 15) is 14.7 Å². The van der Waals surface area contributed by atoms with Gasteiger partial charge in [0.1, 0.15) is 10.8 Å². The molecule has 1 aliphatic rings. The third-order valence-corrected chi connectivity index (χ3v) is 6.74. The van der Waals surface area contributed by atoms with E-state index in [2.05, 4.69) is 4.98 Å². The molecule has 37 heavy (non-hydrogen) atoms. The van der Waals surface area contributed by atoms with Gasteiger partial charge in [-0.2, -0.15) is 0 Å². The Balaban J connectivity index is 1.94. The molecule has 1 N–H and O–H groups in total. The molecule has 0 spiro atoms. The summed E-state index contributed by atoms with van der Waals surface area (Å²) < 4.78 is 10.7. The molecule has 1 unspecified atom stereocenters. The van der Waals surface area contributed by atoms with Gasteiger partial charge >= 0.3 is 0 Å². The predicted octanol–water partition coefficient (Wildman–Crippen LogP) is 5.09. The van der Waals surface area contributed by atoms with Crippen LogP contribution in [-0.2, 0) is 16.1 Å². The number of methoxy groups -OCH3 is 2. The van der Waals surface area contributed by atoms with Crippen molar-refractivity contribution in [3.8, 4) is 11.5 Å². The monoisotopic (exact) mass is 541 g/mol. The minimum Gasteiger partial charge on any atom is -0.507 e. The quantitative estimate of drug-likeness (QED) is 0.253. The zero-order valence-electron chi connectivity index (χ0n) is 20.7. The summed E-state index contributed by atoms with van der Waals surface area (Å²) in [6.45, 7) is 0.0591. The molecule has 192 valence electrons. The molecule has 0 saturated carbocycles. The normalized spacial score (nSPS) is 16.7. The fourth-order valence-electron chi connectivity index (χ4n) is 4.30. The maximum Gasteiger partial charge on any atom is 0.296 e. The molecule has 4 rings (SSSR count). The molecule has 8 nitrogen and oxygen atoms in total. The first kappa shape index (κ1) is 26.3. The van der Waals surface area contributed by atoms with E-state index in [1.165, 1.54) is 25.2 Å². The summed E-state index contributed by atoms with van der Waals surface area (Å²) in [7, 11) is 6.58. The Morgan fingerprint density at radius 3 is 2.30 bits per heavy atom. The zero-order chi connectivity index (χ0) is 26.9. The van der Waals surface area contributed by atoms with Crippen molar-refractivity contribution in [3.05, 3.63) is 87.2 Å². The van der Waals surface area contributed by atoms with Crippen LogP contribution in [-0.4, -0.2) is 55.0 Å². The van der Waals surface area contributed by atoms with E-state index in [0.29, 0.717) is 11.3 Å². The van der Waals surface area contributed by atoms with Gasteiger partial charge < -0.3 is 24.4 Å². The van der Waals surface area contributed by atoms with Crippen LogP contribution in [0, 0.1) is 0 Å². The van der Waals surface area contributed by atoms with Crippen LogP contribution in [0.5, 0.6) is 11.5 Å². The average Bonchev–Trinajstić information content (AvgIpc) is 3.13. The Morgan fingerprint density at radius 2 is 1.73 bits per heavy atom. The van der Waals surface area contributed by atoms with E-state index in [4.69, 9.17) is 32.7 Å². The molecule has 1 saturated heterocycles. The molecule has 1 aliphatic heterocycles. The molecule has 2 heterocycles. The number of likely N-dealkylation sites (tertiary alicyclic amines) is 1. The number of amides is 1. The lowest BCUT2D eigenvalue weighted by atomic mass is 9.94. The molecule has 3 aromatic rings. The number of benzene rings is 2. The lowest BCUT2D eigenvalue weighted by Gasteiger charge is -2.26. The zero-order valence-corrected chi connectivity index (χ0v) is 22.2. The van der Waals surface area contributed by atoms with Crippen LogP contribution in [0.15, 0.2) is 60.3 Å². The Morgan fingerprint density at radius 1 is 1.05 bits per heavy atom. The number of pyridine rings is 1. The number of aliphatic hydroxyl groups is 1. The summed E-state index contributed by atoms with van der Waals surface area (Å²) in [5.74, 6) is -1.87. The second-order valence-electron chi connectivity index (χ2n) is 8.52. The van der Waals surface area contributed by atoms with Crippen LogP contribution in [0.1, 0.15) is 22.9 Å². The van der Waals surface area contributed by atoms with Gasteiger partial charge in [-0.1, -0.05) is 41.4 Å². The van der Waals surface area contributed by atoms with Crippen molar-refractivity contribution in [2.24, 2.45) is 0 Å². The summed E-state index contributed by atoms with van der Waals surface area (Å²) >= 11 is 12.8. The van der Waals surface area contributed by atoms with E-state index < -0.39 is 23.5 Å². The summed E-state index contributed by atoms with van der Waals surface area (Å²) in [6, 6.07) is 13.2. The number of rotatable bonds is 7. The summed E-state index contributed by atoms with van der Waals surface area (Å²) in [4.78, 5) is 34.3. The number of halogens is 2. The molecule has 1 aromatic heterocycles. The fraction of sp³-hybridized carbons (Fsp3) is 0.222. The van der Waals surface area contributed by atoms with Gasteiger partial charge in [0.05, 0.1) is 48.7 Å². The van der Waals surface area contributed by atoms with E-state index in [1.54, 1.807) is 24.4 Å². The maximum absolute atomic E-state index is 13.4. The largest absolute Gasteiger partial charge is 0.507 e. The van der Waals surface area contributed by atoms with Crippen LogP contribution < -0.4 is 14.4 Å². The number of ketones is 1. The Bertz CT molecular complexity index is 1380. The van der Waals surface area contributed by atoms with Gasteiger partial charge in [-0.05, 0) is 35.9 Å². The van der Waals surface area contributed by atoms with Gasteiger partial charge in [-0.15, -0.1) is 0 Å². The molecule has 0 aliphatic carbocycles. The lowest BCUT2D eigenvalue weighted by molar-refractivity contribution is -0.140. The van der Waals surface area contributed by atoms with Crippen molar-refractivity contribution in [2.75, 3.05) is 33.2 Å². The van der Waals surface area contributed by atoms with E-state index in [0.717, 1.165) is 5.69 Å². The fourth-order valence-corrected chi connectivity index (χ4v) is 4.99. The smallest absolute Gasteiger partial charge is 0.296 e. The molecular weight excluding hydrogens is 517 g/mol. The minimum atomic E-state index is -0.900. The standard InChI is InChI=1S/C27H25Cl2N3O5/c1-31(2)17-10-8-15(9-11-17)22-20(24(34)27(35)32(22)14-16-7-5-6-12-30-16)23(33)18-13-19(28)26(37-4)21(29)25(18)36-3/h5-13,22,33H,14H2,1-4H3/b23-20+. The van der Waals surface area contributed by atoms with Crippen LogP contribution in [0.25, 0.3) is 5.76 Å². The van der Waals surface area contributed by atoms with Crippen LogP contribution in [0.3, 0.4) is 0 Å². The number of hydrogen-bond donors (Lipinski definition) is 1. The second-order valence-corrected chi connectivity index (χ2v) is 9.31. The summed E-state index contributed by atoms with van der Waals surface area (Å²) in [6.07, 6.45) is 1.61. The molecular formula is C27H25Cl2N3O5. The number of nitrogens with zero attached hydrogens (tertiary/aromatic N) is 3. The van der Waals surface area contributed by atoms with Crippen LogP contribution in [0.2, 0.25) is 10.0 Å². The number of aliphatic hydroxyl groups excluding tert-OH is 1. The number of ether oxygens (including phenoxy) is 2. The average molecular weight is 542 g/mol. The molecule has 1 fully saturated rings. The van der Waals surface area contributed by atoms with Gasteiger partial charge in [0.2, 0.25) is 0 Å². The molecule has 1 atom stereocenters. The number of hydrogen-bond acceptors (Lipinski definition) is 7. The maximum atomic E-state index is 13.4. The minimum absolute atomic E-state index is 0.0219. The van der Waals surface area contributed by atoms with Gasteiger partial charge in [0, 0.05) is 26.0 Å². The molecule has 1 amide bonds. The van der Waals surface area contributed by atoms with Crippen LogP contribution >= 0.6 is 23.2 Å². The van der Waals surface area contributed by atoms with Crippen molar-refractivity contribution in [1.82, 2.24) is 9.88 Å². The molecule has 2 aromatic carbocycles. The van der Waals surface area contributed by atoms with E-state index >= 15 is 0 Å². The second kappa shape index (κ2) is 10.7. The lowest BCUT2D eigenvalue weighted by Crippen LogP contribution is -2.29. The molecule has 10 heteroatoms. The first-order valence-corrected chi connectivity index (χ1v) is 12.0. The highest BCUT2D eigenvalue weighted by molar-refractivity contribution is 6.47. The summed E-state index contributed by atoms with van der Waals surface area (Å²) in [5, 5.41) is 11.6. The Hall–Kier alpha value is -3.75. The van der Waals surface area contributed by atoms with Crippen molar-refractivity contribution in [1.29, 1.82) is 0 Å². The third kappa shape index (κ3) is 4.82. The highest BCUT2D eigenvalue weighted by Gasteiger charge is 2.46. The third-order valence-electron chi connectivity index (χ3n) is 6.12. The predicted molar refractivity (Wildman–Crippen MR) is 142 cm³/mol. The SMILES string of the molecule is COc1c(Cl)cc(/C(O)=C2\C(=O)C(=O)N(Cc3ccccn3)C2c2ccc(N(C)C)cc2)c(OC)c1Cl.